The van der Waals surface area contributed by atoms with Crippen LogP contribution in [0.4, 0.5) is 0 Å². The van der Waals surface area contributed by atoms with Crippen molar-refractivity contribution in [1.82, 2.24) is 0 Å². The number of hydrogen-bond donors (Lipinski definition) is 1. The number of aliphatic hydroxyl groups is 1. The summed E-state index contributed by atoms with van der Waals surface area (Å²) in [6.45, 7) is 7.74. The predicted molar refractivity (Wildman–Crippen MR) is 112 cm³/mol. The molecule has 0 heterocycles. The third-order valence-corrected chi connectivity index (χ3v) is 10.1. The molecule has 5 aliphatic carbocycles. The summed E-state index contributed by atoms with van der Waals surface area (Å²) in [5, 5.41) is 10.2. The van der Waals surface area contributed by atoms with E-state index in [0.29, 0.717) is 10.8 Å². The van der Waals surface area contributed by atoms with Gasteiger partial charge in [0.05, 0.1) is 6.10 Å². The van der Waals surface area contributed by atoms with Gasteiger partial charge >= 0.3 is 0 Å². The Hall–Kier alpha value is -0.560. The van der Waals surface area contributed by atoms with Crippen molar-refractivity contribution in [1.29, 1.82) is 0 Å². The zero-order chi connectivity index (χ0) is 18.8. The number of fused-ring (bicyclic) bond motifs is 4. The van der Waals surface area contributed by atoms with Crippen LogP contribution in [0.25, 0.3) is 0 Å². The van der Waals surface area contributed by atoms with E-state index in [-0.39, 0.29) is 6.10 Å². The quantitative estimate of drug-likeness (QED) is 0.579. The molecular weight excluding hydrogens is 328 g/mol. The molecule has 0 spiro atoms. The van der Waals surface area contributed by atoms with E-state index in [9.17, 15) is 5.11 Å². The van der Waals surface area contributed by atoms with Gasteiger partial charge in [-0.15, -0.1) is 0 Å². The van der Waals surface area contributed by atoms with Gasteiger partial charge in [0.1, 0.15) is 0 Å². The molecule has 0 bridgehead atoms. The van der Waals surface area contributed by atoms with Crippen molar-refractivity contribution in [3.8, 4) is 0 Å². The monoisotopic (exact) mass is 368 g/mol. The second-order valence-electron chi connectivity index (χ2n) is 11.4. The molecule has 6 atom stereocenters. The van der Waals surface area contributed by atoms with E-state index in [0.717, 1.165) is 36.5 Å². The Morgan fingerprint density at radius 2 is 1.89 bits per heavy atom. The van der Waals surface area contributed by atoms with Gasteiger partial charge in [-0.25, -0.2) is 0 Å². The molecule has 1 nitrogen and oxygen atoms in total. The minimum Gasteiger partial charge on any atom is -0.393 e. The highest BCUT2D eigenvalue weighted by Gasteiger charge is 2.53. The van der Waals surface area contributed by atoms with Crippen LogP contribution in [-0.4, -0.2) is 11.2 Å². The van der Waals surface area contributed by atoms with E-state index in [1.165, 1.54) is 64.2 Å². The molecule has 0 radical (unpaired) electrons. The first-order valence-corrected chi connectivity index (χ1v) is 12.0. The summed E-state index contributed by atoms with van der Waals surface area (Å²) < 4.78 is 0. The maximum Gasteiger partial charge on any atom is 0.0543 e. The van der Waals surface area contributed by atoms with Crippen LogP contribution in [-0.2, 0) is 0 Å². The minimum atomic E-state index is -0.0403. The van der Waals surface area contributed by atoms with Gasteiger partial charge in [-0.3, -0.25) is 0 Å². The van der Waals surface area contributed by atoms with Crippen molar-refractivity contribution < 1.29 is 5.11 Å². The number of allylic oxidation sites excluding steroid dienone is 4. The van der Waals surface area contributed by atoms with Crippen LogP contribution in [0.1, 0.15) is 97.8 Å². The van der Waals surface area contributed by atoms with Gasteiger partial charge < -0.3 is 5.11 Å². The van der Waals surface area contributed by atoms with Gasteiger partial charge in [-0.2, -0.15) is 0 Å². The second-order valence-corrected chi connectivity index (χ2v) is 11.4. The SMILES string of the molecule is C[C@H](CC1CCC1)[C@H]1CC=C2C3=C(CC[C@@]21C)[C@@]1(C)CCC(O)CC1CC3. The fourth-order valence-corrected chi connectivity index (χ4v) is 8.15. The van der Waals surface area contributed by atoms with Gasteiger partial charge in [-0.05, 0) is 103 Å². The highest BCUT2D eigenvalue weighted by molar-refractivity contribution is 5.49. The highest BCUT2D eigenvalue weighted by Crippen LogP contribution is 2.64. The topological polar surface area (TPSA) is 20.2 Å². The van der Waals surface area contributed by atoms with E-state index >= 15 is 0 Å². The molecule has 27 heavy (non-hydrogen) atoms. The fourth-order valence-electron chi connectivity index (χ4n) is 8.15. The first-order valence-electron chi connectivity index (χ1n) is 12.0. The van der Waals surface area contributed by atoms with Crippen molar-refractivity contribution in [2.24, 2.45) is 34.5 Å². The number of aliphatic hydroxyl groups excluding tert-OH is 1. The zero-order valence-corrected chi connectivity index (χ0v) is 17.9. The standard InChI is InChI=1S/C26H40O/c1-17(15-18-5-4-6-18)22-9-10-23-21-8-7-19-16-20(27)11-13-25(19,2)24(21)12-14-26(22,23)3/h10,17-20,22,27H,4-9,11-16H2,1-3H3/t17-,19?,20?,22-,25+,26-/m1/s1. The van der Waals surface area contributed by atoms with Gasteiger partial charge in [0.2, 0.25) is 0 Å². The lowest BCUT2D eigenvalue weighted by Gasteiger charge is -2.54. The van der Waals surface area contributed by atoms with Crippen molar-refractivity contribution in [3.05, 3.63) is 22.8 Å². The smallest absolute Gasteiger partial charge is 0.0543 e. The fraction of sp³-hybridized carbons (Fsp3) is 0.846. The van der Waals surface area contributed by atoms with Crippen LogP contribution in [0.5, 0.6) is 0 Å². The molecule has 0 aliphatic heterocycles. The summed E-state index contributed by atoms with van der Waals surface area (Å²) in [5.41, 5.74) is 6.21. The molecule has 1 N–H and O–H groups in total. The molecule has 2 saturated carbocycles. The maximum absolute atomic E-state index is 10.2. The van der Waals surface area contributed by atoms with E-state index in [1.807, 2.05) is 5.57 Å². The van der Waals surface area contributed by atoms with Crippen molar-refractivity contribution in [2.75, 3.05) is 0 Å². The van der Waals surface area contributed by atoms with Crippen LogP contribution in [0.3, 0.4) is 0 Å². The summed E-state index contributed by atoms with van der Waals surface area (Å²) in [7, 11) is 0. The van der Waals surface area contributed by atoms with Crippen molar-refractivity contribution in [2.45, 2.75) is 104 Å². The molecule has 2 unspecified atom stereocenters. The van der Waals surface area contributed by atoms with Crippen LogP contribution in [0.2, 0.25) is 0 Å². The van der Waals surface area contributed by atoms with Crippen LogP contribution < -0.4 is 0 Å². The molecule has 5 aliphatic rings. The van der Waals surface area contributed by atoms with E-state index in [1.54, 1.807) is 11.1 Å². The van der Waals surface area contributed by atoms with E-state index < -0.39 is 0 Å². The Bertz CT molecular complexity index is 668. The van der Waals surface area contributed by atoms with Crippen LogP contribution in [0.15, 0.2) is 22.8 Å². The Morgan fingerprint density at radius 3 is 2.63 bits per heavy atom. The third-order valence-electron chi connectivity index (χ3n) is 10.1. The van der Waals surface area contributed by atoms with Gasteiger partial charge in [-0.1, -0.05) is 51.7 Å². The summed E-state index contributed by atoms with van der Waals surface area (Å²) in [4.78, 5) is 0. The van der Waals surface area contributed by atoms with E-state index in [2.05, 4.69) is 26.8 Å². The Kier molecular flexibility index (Phi) is 4.43. The van der Waals surface area contributed by atoms with Crippen LogP contribution >= 0.6 is 0 Å². The average molecular weight is 369 g/mol. The van der Waals surface area contributed by atoms with Crippen molar-refractivity contribution >= 4 is 0 Å². The minimum absolute atomic E-state index is 0.0403. The van der Waals surface area contributed by atoms with Crippen LogP contribution in [0, 0.1) is 34.5 Å². The molecule has 5 rings (SSSR count). The Labute approximate surface area is 166 Å². The molecule has 0 aromatic heterocycles. The lowest BCUT2D eigenvalue weighted by atomic mass is 9.51. The predicted octanol–water partition coefficient (Wildman–Crippen LogP) is 6.82. The van der Waals surface area contributed by atoms with Gasteiger partial charge in [0, 0.05) is 0 Å². The maximum atomic E-state index is 10.2. The van der Waals surface area contributed by atoms with Gasteiger partial charge in [0.25, 0.3) is 0 Å². The van der Waals surface area contributed by atoms with Crippen molar-refractivity contribution in [3.63, 3.8) is 0 Å². The second kappa shape index (κ2) is 6.48. The van der Waals surface area contributed by atoms with E-state index in [4.69, 9.17) is 0 Å². The summed E-state index contributed by atoms with van der Waals surface area (Å²) in [6.07, 6.45) is 18.5. The Morgan fingerprint density at radius 1 is 1.07 bits per heavy atom. The average Bonchev–Trinajstić information content (AvgIpc) is 2.96. The molecule has 150 valence electrons. The highest BCUT2D eigenvalue weighted by atomic mass is 16.3. The molecule has 1 heteroatoms. The molecule has 0 aromatic rings. The number of rotatable bonds is 3. The lowest BCUT2D eigenvalue weighted by Crippen LogP contribution is -2.44. The summed E-state index contributed by atoms with van der Waals surface area (Å²) >= 11 is 0. The zero-order valence-electron chi connectivity index (χ0n) is 17.9. The first kappa shape index (κ1) is 18.5. The summed E-state index contributed by atoms with van der Waals surface area (Å²) in [5.74, 6) is 3.52. The third kappa shape index (κ3) is 2.74. The largest absolute Gasteiger partial charge is 0.393 e. The molecule has 0 saturated heterocycles. The molecule has 0 aromatic carbocycles. The number of hydrogen-bond acceptors (Lipinski definition) is 1. The molecule has 2 fully saturated rings. The first-order chi connectivity index (χ1) is 12.9. The lowest BCUT2D eigenvalue weighted by molar-refractivity contribution is 0.0222. The van der Waals surface area contributed by atoms with Gasteiger partial charge in [0.15, 0.2) is 0 Å². The molecule has 0 amide bonds. The Balaban J connectivity index is 1.41. The summed E-state index contributed by atoms with van der Waals surface area (Å²) in [6, 6.07) is 0. The normalized spacial score (nSPS) is 45.5. The molecular formula is C26H40O.